The Morgan fingerprint density at radius 3 is 2.62 bits per heavy atom. The smallest absolute Gasteiger partial charge is 0.349 e. The minimum absolute atomic E-state index is 0.0443. The van der Waals surface area contributed by atoms with Crippen LogP contribution >= 0.6 is 11.3 Å². The van der Waals surface area contributed by atoms with Crippen molar-refractivity contribution in [3.63, 3.8) is 0 Å². The number of hydrogen-bond donors (Lipinski definition) is 1. The Kier molecular flexibility index (Phi) is 5.40. The predicted molar refractivity (Wildman–Crippen MR) is 97.7 cm³/mol. The van der Waals surface area contributed by atoms with Gasteiger partial charge < -0.3 is 9.64 Å². The van der Waals surface area contributed by atoms with Gasteiger partial charge in [-0.05, 0) is 35.6 Å². The molecule has 2 aromatic rings. The number of sulfonamides is 1. The van der Waals surface area contributed by atoms with Gasteiger partial charge in [-0.2, -0.15) is 0 Å². The fourth-order valence-electron chi connectivity index (χ4n) is 2.72. The molecule has 0 radical (unpaired) electrons. The molecule has 26 heavy (non-hydrogen) atoms. The van der Waals surface area contributed by atoms with Gasteiger partial charge in [-0.25, -0.2) is 17.9 Å². The Labute approximate surface area is 155 Å². The van der Waals surface area contributed by atoms with Crippen LogP contribution in [0.3, 0.4) is 0 Å². The molecule has 0 spiro atoms. The minimum atomic E-state index is -3.84. The van der Waals surface area contributed by atoms with E-state index < -0.39 is 16.0 Å². The van der Waals surface area contributed by atoms with E-state index in [1.165, 1.54) is 18.6 Å². The first-order chi connectivity index (χ1) is 12.4. The highest BCUT2D eigenvalue weighted by molar-refractivity contribution is 7.89. The van der Waals surface area contributed by atoms with Crippen LogP contribution in [0.1, 0.15) is 28.1 Å². The number of carbonyl (C=O) groups excluding carboxylic acids is 2. The molecule has 7 nitrogen and oxygen atoms in total. The van der Waals surface area contributed by atoms with Gasteiger partial charge in [0.25, 0.3) is 0 Å². The number of benzene rings is 1. The summed E-state index contributed by atoms with van der Waals surface area (Å²) < 4.78 is 32.0. The number of hydrogen-bond acceptors (Lipinski definition) is 6. The third-order valence-corrected chi connectivity index (χ3v) is 6.54. The first-order valence-electron chi connectivity index (χ1n) is 7.97. The second-order valence-corrected chi connectivity index (χ2v) is 8.40. The molecule has 0 saturated carbocycles. The second-order valence-electron chi connectivity index (χ2n) is 5.75. The maximum atomic E-state index is 12.5. The number of thiophene rings is 1. The minimum Gasteiger partial charge on any atom is -0.465 e. The average Bonchev–Trinajstić information content (AvgIpc) is 3.29. The molecule has 1 fully saturated rings. The standard InChI is InChI=1S/C17H18N2O5S2/c1-24-17(21)16-14(8-10-25-16)26(22,23)18-11-12-4-6-13(7-5-12)19-9-2-3-15(19)20/h4-8,10,18H,2-3,9,11H2,1H3. The maximum absolute atomic E-state index is 12.5. The van der Waals surface area contributed by atoms with Crippen molar-refractivity contribution in [2.45, 2.75) is 24.3 Å². The van der Waals surface area contributed by atoms with Gasteiger partial charge in [-0.1, -0.05) is 12.1 Å². The number of methoxy groups -OCH3 is 1. The lowest BCUT2D eigenvalue weighted by Gasteiger charge is -2.16. The van der Waals surface area contributed by atoms with Crippen LogP contribution in [0.2, 0.25) is 0 Å². The van der Waals surface area contributed by atoms with Gasteiger partial charge in [0.2, 0.25) is 15.9 Å². The Morgan fingerprint density at radius 1 is 1.27 bits per heavy atom. The zero-order valence-corrected chi connectivity index (χ0v) is 15.7. The first kappa shape index (κ1) is 18.6. The van der Waals surface area contributed by atoms with E-state index in [1.807, 2.05) is 0 Å². The van der Waals surface area contributed by atoms with E-state index in [4.69, 9.17) is 0 Å². The van der Waals surface area contributed by atoms with E-state index >= 15 is 0 Å². The highest BCUT2D eigenvalue weighted by atomic mass is 32.2. The number of nitrogens with one attached hydrogen (secondary N) is 1. The second kappa shape index (κ2) is 7.56. The van der Waals surface area contributed by atoms with E-state index in [0.717, 1.165) is 29.0 Å². The van der Waals surface area contributed by atoms with Crippen LogP contribution in [-0.4, -0.2) is 33.9 Å². The van der Waals surface area contributed by atoms with E-state index in [9.17, 15) is 18.0 Å². The topological polar surface area (TPSA) is 92.8 Å². The van der Waals surface area contributed by atoms with Gasteiger partial charge in [-0.15, -0.1) is 11.3 Å². The van der Waals surface area contributed by atoms with E-state index in [0.29, 0.717) is 13.0 Å². The Hall–Kier alpha value is -2.23. The van der Waals surface area contributed by atoms with Gasteiger partial charge in [0.15, 0.2) is 0 Å². The number of amides is 1. The zero-order valence-electron chi connectivity index (χ0n) is 14.1. The molecule has 1 aromatic heterocycles. The molecule has 0 aliphatic carbocycles. The lowest BCUT2D eigenvalue weighted by Crippen LogP contribution is -2.25. The van der Waals surface area contributed by atoms with E-state index in [2.05, 4.69) is 9.46 Å². The van der Waals surface area contributed by atoms with Crippen molar-refractivity contribution >= 4 is 38.9 Å². The highest BCUT2D eigenvalue weighted by Crippen LogP contribution is 2.24. The first-order valence-corrected chi connectivity index (χ1v) is 10.3. The molecule has 0 bridgehead atoms. The van der Waals surface area contributed by atoms with Crippen molar-refractivity contribution in [1.82, 2.24) is 4.72 Å². The fraction of sp³-hybridized carbons (Fsp3) is 0.294. The molecule has 1 aromatic carbocycles. The summed E-state index contributed by atoms with van der Waals surface area (Å²) in [5.41, 5.74) is 1.56. The van der Waals surface area contributed by atoms with Crippen LogP contribution in [0.15, 0.2) is 40.6 Å². The van der Waals surface area contributed by atoms with Gasteiger partial charge in [0.1, 0.15) is 9.77 Å². The fourth-order valence-corrected chi connectivity index (χ4v) is 5.07. The van der Waals surface area contributed by atoms with Crippen molar-refractivity contribution in [2.24, 2.45) is 0 Å². The number of anilines is 1. The molecule has 138 valence electrons. The van der Waals surface area contributed by atoms with Crippen molar-refractivity contribution in [3.8, 4) is 0 Å². The Bertz CT molecular complexity index is 919. The third kappa shape index (κ3) is 3.79. The SMILES string of the molecule is COC(=O)c1sccc1S(=O)(=O)NCc1ccc(N2CCCC2=O)cc1. The Morgan fingerprint density at radius 2 is 2.00 bits per heavy atom. The summed E-state index contributed by atoms with van der Waals surface area (Å²) in [5.74, 6) is -0.578. The third-order valence-electron chi connectivity index (χ3n) is 4.08. The number of esters is 1. The lowest BCUT2D eigenvalue weighted by molar-refractivity contribution is -0.117. The molecular formula is C17H18N2O5S2. The van der Waals surface area contributed by atoms with Crippen molar-refractivity contribution in [3.05, 3.63) is 46.2 Å². The molecular weight excluding hydrogens is 376 g/mol. The monoisotopic (exact) mass is 394 g/mol. The largest absolute Gasteiger partial charge is 0.465 e. The molecule has 1 amide bonds. The Balaban J connectivity index is 1.69. The molecule has 1 N–H and O–H groups in total. The van der Waals surface area contributed by atoms with Gasteiger partial charge in [0.05, 0.1) is 7.11 Å². The number of nitrogens with zero attached hydrogens (tertiary/aromatic N) is 1. The van der Waals surface area contributed by atoms with Crippen LogP contribution in [0, 0.1) is 0 Å². The van der Waals surface area contributed by atoms with E-state index in [-0.39, 0.29) is 22.2 Å². The summed E-state index contributed by atoms with van der Waals surface area (Å²) in [6.45, 7) is 0.784. The van der Waals surface area contributed by atoms with Crippen molar-refractivity contribution in [2.75, 3.05) is 18.6 Å². The van der Waals surface area contributed by atoms with Crippen LogP contribution in [0.5, 0.6) is 0 Å². The molecule has 2 heterocycles. The average molecular weight is 394 g/mol. The molecule has 0 unspecified atom stereocenters. The maximum Gasteiger partial charge on any atom is 0.349 e. The molecule has 1 aliphatic heterocycles. The predicted octanol–water partition coefficient (Wildman–Crippen LogP) is 2.14. The molecule has 1 saturated heterocycles. The summed E-state index contributed by atoms with van der Waals surface area (Å²) in [6, 6.07) is 8.53. The zero-order chi connectivity index (χ0) is 18.7. The normalized spacial score (nSPS) is 14.7. The molecule has 0 atom stereocenters. The van der Waals surface area contributed by atoms with Crippen LogP contribution < -0.4 is 9.62 Å². The molecule has 9 heteroatoms. The van der Waals surface area contributed by atoms with Crippen LogP contribution in [0.4, 0.5) is 5.69 Å². The van der Waals surface area contributed by atoms with Crippen LogP contribution in [0.25, 0.3) is 0 Å². The number of ether oxygens (including phenoxy) is 1. The van der Waals surface area contributed by atoms with E-state index in [1.54, 1.807) is 29.2 Å². The number of carbonyl (C=O) groups is 2. The summed E-state index contributed by atoms with van der Waals surface area (Å²) in [6.07, 6.45) is 1.41. The molecule has 1 aliphatic rings. The highest BCUT2D eigenvalue weighted by Gasteiger charge is 2.25. The summed E-state index contributed by atoms with van der Waals surface area (Å²) in [5, 5.41) is 1.53. The quantitative estimate of drug-likeness (QED) is 0.758. The van der Waals surface area contributed by atoms with Gasteiger partial charge >= 0.3 is 5.97 Å². The van der Waals surface area contributed by atoms with Crippen molar-refractivity contribution in [1.29, 1.82) is 0 Å². The van der Waals surface area contributed by atoms with Gasteiger partial charge in [-0.3, -0.25) is 4.79 Å². The summed E-state index contributed by atoms with van der Waals surface area (Å²) >= 11 is 1.02. The molecule has 3 rings (SSSR count). The summed E-state index contributed by atoms with van der Waals surface area (Å²) in [7, 11) is -2.63. The van der Waals surface area contributed by atoms with Crippen LogP contribution in [-0.2, 0) is 26.1 Å². The summed E-state index contributed by atoms with van der Waals surface area (Å²) in [4.78, 5) is 25.1. The van der Waals surface area contributed by atoms with Crippen molar-refractivity contribution < 1.29 is 22.7 Å². The van der Waals surface area contributed by atoms with Gasteiger partial charge in [0, 0.05) is 25.2 Å². The number of rotatable bonds is 6. The lowest BCUT2D eigenvalue weighted by atomic mass is 10.2.